The fourth-order valence-electron chi connectivity index (χ4n) is 4.15. The van der Waals surface area contributed by atoms with Gasteiger partial charge in [0.15, 0.2) is 0 Å². The highest BCUT2D eigenvalue weighted by Crippen LogP contribution is 2.40. The minimum absolute atomic E-state index is 0.0266. The maximum Gasteiger partial charge on any atom is 0.309 e. The molecule has 0 aliphatic heterocycles. The first-order chi connectivity index (χ1) is 10.2. The second-order valence-corrected chi connectivity index (χ2v) is 7.01. The summed E-state index contributed by atoms with van der Waals surface area (Å²) in [5.74, 6) is 1.11. The van der Waals surface area contributed by atoms with Crippen molar-refractivity contribution in [1.82, 2.24) is 0 Å². The Balaban J connectivity index is 1.97. The van der Waals surface area contributed by atoms with E-state index >= 15 is 0 Å². The Morgan fingerprint density at radius 1 is 1.00 bits per heavy atom. The van der Waals surface area contributed by atoms with Crippen LogP contribution in [0.3, 0.4) is 0 Å². The molecular formula is C18H32O3. The molecule has 3 heteroatoms. The van der Waals surface area contributed by atoms with Crippen LogP contribution >= 0.6 is 0 Å². The van der Waals surface area contributed by atoms with Crippen LogP contribution in [0.4, 0.5) is 0 Å². The van der Waals surface area contributed by atoms with Crippen LogP contribution in [0.5, 0.6) is 0 Å². The van der Waals surface area contributed by atoms with Gasteiger partial charge in [-0.15, -0.1) is 0 Å². The molecule has 2 aliphatic carbocycles. The molecule has 1 N–H and O–H groups in total. The summed E-state index contributed by atoms with van der Waals surface area (Å²) in [4.78, 5) is 12.6. The van der Waals surface area contributed by atoms with E-state index in [4.69, 9.17) is 4.74 Å². The zero-order valence-corrected chi connectivity index (χ0v) is 13.6. The van der Waals surface area contributed by atoms with Crippen LogP contribution in [0.2, 0.25) is 0 Å². The van der Waals surface area contributed by atoms with Crippen LogP contribution in [0, 0.1) is 17.8 Å². The van der Waals surface area contributed by atoms with Gasteiger partial charge in [-0.3, -0.25) is 4.79 Å². The molecule has 1 atom stereocenters. The van der Waals surface area contributed by atoms with Crippen molar-refractivity contribution in [3.05, 3.63) is 0 Å². The molecule has 21 heavy (non-hydrogen) atoms. The molecule has 0 saturated heterocycles. The van der Waals surface area contributed by atoms with E-state index in [2.05, 4.69) is 0 Å². The minimum atomic E-state index is -0.507. The minimum Gasteiger partial charge on any atom is -0.463 e. The van der Waals surface area contributed by atoms with Crippen LogP contribution in [0.25, 0.3) is 0 Å². The van der Waals surface area contributed by atoms with Crippen molar-refractivity contribution in [3.63, 3.8) is 0 Å². The lowest BCUT2D eigenvalue weighted by atomic mass is 9.69. The standard InChI is InChI=1S/C18H32O3/c1-2-16(19)13-21-18(20)17(14-9-5-3-6-10-14)15-11-7-4-8-12-15/h14-17,19H,2-13H2,1H3. The number of carbonyl (C=O) groups is 1. The number of hydrogen-bond donors (Lipinski definition) is 1. The Bertz CT molecular complexity index is 286. The van der Waals surface area contributed by atoms with Gasteiger partial charge < -0.3 is 9.84 Å². The first kappa shape index (κ1) is 16.8. The summed E-state index contributed by atoms with van der Waals surface area (Å²) in [6.45, 7) is 2.09. The third kappa shape index (κ3) is 4.98. The highest BCUT2D eigenvalue weighted by atomic mass is 16.5. The molecule has 0 aromatic carbocycles. The van der Waals surface area contributed by atoms with Crippen molar-refractivity contribution in [2.45, 2.75) is 83.7 Å². The number of rotatable bonds is 6. The Kier molecular flexibility index (Phi) is 7.01. The van der Waals surface area contributed by atoms with Gasteiger partial charge in [-0.25, -0.2) is 0 Å². The molecule has 2 aliphatic rings. The predicted molar refractivity (Wildman–Crippen MR) is 83.9 cm³/mol. The van der Waals surface area contributed by atoms with E-state index in [0.717, 1.165) is 0 Å². The lowest BCUT2D eigenvalue weighted by molar-refractivity contribution is -0.157. The third-order valence-corrected chi connectivity index (χ3v) is 5.48. The average molecular weight is 296 g/mol. The SMILES string of the molecule is CCC(O)COC(=O)C(C1CCCCC1)C1CCCCC1. The summed E-state index contributed by atoms with van der Waals surface area (Å²) in [5.41, 5.74) is 0. The summed E-state index contributed by atoms with van der Waals surface area (Å²) < 4.78 is 5.47. The summed E-state index contributed by atoms with van der Waals surface area (Å²) >= 11 is 0. The smallest absolute Gasteiger partial charge is 0.309 e. The van der Waals surface area contributed by atoms with Gasteiger partial charge in [0.1, 0.15) is 6.61 Å². The second-order valence-electron chi connectivity index (χ2n) is 7.01. The summed E-state index contributed by atoms with van der Waals surface area (Å²) in [6.07, 6.45) is 12.6. The van der Waals surface area contributed by atoms with E-state index < -0.39 is 6.10 Å². The van der Waals surface area contributed by atoms with Crippen LogP contribution in [-0.2, 0) is 9.53 Å². The lowest BCUT2D eigenvalue weighted by Crippen LogP contribution is -2.36. The van der Waals surface area contributed by atoms with Crippen molar-refractivity contribution in [3.8, 4) is 0 Å². The molecular weight excluding hydrogens is 264 g/mol. The topological polar surface area (TPSA) is 46.5 Å². The zero-order valence-electron chi connectivity index (χ0n) is 13.6. The average Bonchev–Trinajstić information content (AvgIpc) is 2.55. The molecule has 0 bridgehead atoms. The molecule has 3 nitrogen and oxygen atoms in total. The van der Waals surface area contributed by atoms with E-state index in [1.807, 2.05) is 6.92 Å². The molecule has 2 rings (SSSR count). The molecule has 1 unspecified atom stereocenters. The van der Waals surface area contributed by atoms with Gasteiger partial charge in [-0.05, 0) is 43.9 Å². The van der Waals surface area contributed by atoms with E-state index in [1.165, 1.54) is 64.2 Å². The van der Waals surface area contributed by atoms with Crippen molar-refractivity contribution in [2.24, 2.45) is 17.8 Å². The number of ether oxygens (including phenoxy) is 1. The van der Waals surface area contributed by atoms with E-state index in [1.54, 1.807) is 0 Å². The Hall–Kier alpha value is -0.570. The number of hydrogen-bond acceptors (Lipinski definition) is 3. The predicted octanol–water partition coefficient (Wildman–Crippen LogP) is 4.08. The fourth-order valence-corrected chi connectivity index (χ4v) is 4.15. The molecule has 122 valence electrons. The number of aliphatic hydroxyl groups is 1. The van der Waals surface area contributed by atoms with Crippen LogP contribution < -0.4 is 0 Å². The fraction of sp³-hybridized carbons (Fsp3) is 0.944. The number of carbonyl (C=O) groups excluding carboxylic acids is 1. The van der Waals surface area contributed by atoms with Gasteiger partial charge in [-0.1, -0.05) is 45.4 Å². The van der Waals surface area contributed by atoms with Gasteiger partial charge in [0, 0.05) is 0 Å². The summed E-state index contributed by atoms with van der Waals surface area (Å²) in [6, 6.07) is 0. The van der Waals surface area contributed by atoms with Crippen molar-refractivity contribution >= 4 is 5.97 Å². The number of esters is 1. The molecule has 2 saturated carbocycles. The molecule has 0 amide bonds. The molecule has 0 heterocycles. The van der Waals surface area contributed by atoms with E-state index in [0.29, 0.717) is 18.3 Å². The summed E-state index contributed by atoms with van der Waals surface area (Å²) in [7, 11) is 0. The first-order valence-corrected chi connectivity index (χ1v) is 9.07. The van der Waals surface area contributed by atoms with Crippen LogP contribution in [0.1, 0.15) is 77.6 Å². The van der Waals surface area contributed by atoms with Crippen molar-refractivity contribution in [2.75, 3.05) is 6.61 Å². The van der Waals surface area contributed by atoms with Crippen molar-refractivity contribution in [1.29, 1.82) is 0 Å². The third-order valence-electron chi connectivity index (χ3n) is 5.48. The molecule has 0 spiro atoms. The highest BCUT2D eigenvalue weighted by Gasteiger charge is 2.37. The monoisotopic (exact) mass is 296 g/mol. The van der Waals surface area contributed by atoms with Gasteiger partial charge in [0.25, 0.3) is 0 Å². The first-order valence-electron chi connectivity index (χ1n) is 9.07. The highest BCUT2D eigenvalue weighted by molar-refractivity contribution is 5.73. The maximum absolute atomic E-state index is 12.6. The van der Waals surface area contributed by atoms with Gasteiger partial charge >= 0.3 is 5.97 Å². The molecule has 2 fully saturated rings. The zero-order chi connectivity index (χ0) is 15.1. The van der Waals surface area contributed by atoms with E-state index in [9.17, 15) is 9.90 Å². The maximum atomic E-state index is 12.6. The largest absolute Gasteiger partial charge is 0.463 e. The Morgan fingerprint density at radius 2 is 1.48 bits per heavy atom. The van der Waals surface area contributed by atoms with Crippen LogP contribution in [-0.4, -0.2) is 23.8 Å². The Labute approximate surface area is 129 Å². The lowest BCUT2D eigenvalue weighted by Gasteiger charge is -2.36. The quantitative estimate of drug-likeness (QED) is 0.751. The molecule has 0 aromatic rings. The van der Waals surface area contributed by atoms with Gasteiger partial charge in [-0.2, -0.15) is 0 Å². The van der Waals surface area contributed by atoms with Crippen LogP contribution in [0.15, 0.2) is 0 Å². The molecule has 0 aromatic heterocycles. The summed E-state index contributed by atoms with van der Waals surface area (Å²) in [5, 5.41) is 9.63. The van der Waals surface area contributed by atoms with Crippen molar-refractivity contribution < 1.29 is 14.6 Å². The van der Waals surface area contributed by atoms with Gasteiger partial charge in [0.05, 0.1) is 12.0 Å². The number of aliphatic hydroxyl groups excluding tert-OH is 1. The molecule has 0 radical (unpaired) electrons. The van der Waals surface area contributed by atoms with E-state index in [-0.39, 0.29) is 18.5 Å². The normalized spacial score (nSPS) is 23.2. The Morgan fingerprint density at radius 3 is 1.90 bits per heavy atom. The van der Waals surface area contributed by atoms with Gasteiger partial charge in [0.2, 0.25) is 0 Å². The second kappa shape index (κ2) is 8.77.